The highest BCUT2D eigenvalue weighted by molar-refractivity contribution is 5.92. The zero-order valence-electron chi connectivity index (χ0n) is 14.5. The van der Waals surface area contributed by atoms with Crippen LogP contribution in [0.3, 0.4) is 0 Å². The normalized spacial score (nSPS) is 12.6. The Morgan fingerprint density at radius 3 is 2.68 bits per heavy atom. The Morgan fingerprint density at radius 1 is 1.28 bits per heavy atom. The number of nitrogens with two attached hydrogens (primary N) is 1. The van der Waals surface area contributed by atoms with Gasteiger partial charge in [0.1, 0.15) is 0 Å². The first-order chi connectivity index (χ1) is 12.0. The molecule has 0 radical (unpaired) electrons. The van der Waals surface area contributed by atoms with Crippen LogP contribution in [0.25, 0.3) is 17.0 Å². The highest BCUT2D eigenvalue weighted by atomic mass is 16.2. The number of para-hydroxylation sites is 1. The number of benzene rings is 1. The standard InChI is InChI=1S/C19H21N5O/c1-12-18(15-6-4-5-7-16(15)23-12)13(2)24(3)17(25)9-8-14-10-21-19(20)22-11-14/h4-11,13,23H,1-3H3,(H2,20,21,22)/b9-8+. The Hall–Kier alpha value is -3.15. The molecule has 1 aromatic carbocycles. The van der Waals surface area contributed by atoms with Crippen LogP contribution >= 0.6 is 0 Å². The van der Waals surface area contributed by atoms with Crippen LogP contribution in [-0.4, -0.2) is 32.8 Å². The number of likely N-dealkylation sites (N-methyl/N-ethyl adjacent to an activating group) is 1. The number of H-pyrrole nitrogens is 1. The van der Waals surface area contributed by atoms with Crippen molar-refractivity contribution in [2.24, 2.45) is 0 Å². The van der Waals surface area contributed by atoms with Crippen LogP contribution < -0.4 is 5.73 Å². The smallest absolute Gasteiger partial charge is 0.246 e. The number of anilines is 1. The molecule has 0 bridgehead atoms. The van der Waals surface area contributed by atoms with E-state index in [4.69, 9.17) is 5.73 Å². The number of nitrogen functional groups attached to an aromatic ring is 1. The first-order valence-electron chi connectivity index (χ1n) is 8.07. The molecule has 2 aromatic heterocycles. The van der Waals surface area contributed by atoms with E-state index in [2.05, 4.69) is 21.0 Å². The van der Waals surface area contributed by atoms with Gasteiger partial charge in [0.25, 0.3) is 0 Å². The topological polar surface area (TPSA) is 87.9 Å². The van der Waals surface area contributed by atoms with Gasteiger partial charge in [0.2, 0.25) is 11.9 Å². The Bertz CT molecular complexity index is 927. The second-order valence-corrected chi connectivity index (χ2v) is 6.04. The van der Waals surface area contributed by atoms with Gasteiger partial charge in [-0.05, 0) is 26.0 Å². The van der Waals surface area contributed by atoms with E-state index in [1.54, 1.807) is 30.4 Å². The largest absolute Gasteiger partial charge is 0.368 e. The van der Waals surface area contributed by atoms with E-state index in [0.717, 1.165) is 27.7 Å². The van der Waals surface area contributed by atoms with Crippen molar-refractivity contribution in [2.45, 2.75) is 19.9 Å². The van der Waals surface area contributed by atoms with E-state index in [0.29, 0.717) is 0 Å². The van der Waals surface area contributed by atoms with Gasteiger partial charge in [0, 0.05) is 53.2 Å². The summed E-state index contributed by atoms with van der Waals surface area (Å²) in [7, 11) is 1.80. The van der Waals surface area contributed by atoms with Gasteiger partial charge >= 0.3 is 0 Å². The van der Waals surface area contributed by atoms with Crippen molar-refractivity contribution in [1.82, 2.24) is 19.9 Å². The molecule has 0 saturated carbocycles. The van der Waals surface area contributed by atoms with Gasteiger partial charge in [-0.1, -0.05) is 18.2 Å². The van der Waals surface area contributed by atoms with Gasteiger partial charge in [-0.15, -0.1) is 0 Å². The number of hydrogen-bond donors (Lipinski definition) is 2. The molecule has 6 nitrogen and oxygen atoms in total. The highest BCUT2D eigenvalue weighted by Crippen LogP contribution is 2.30. The molecule has 0 spiro atoms. The molecule has 0 fully saturated rings. The lowest BCUT2D eigenvalue weighted by atomic mass is 10.0. The summed E-state index contributed by atoms with van der Waals surface area (Å²) in [6.07, 6.45) is 6.38. The number of aromatic nitrogens is 3. The van der Waals surface area contributed by atoms with Crippen molar-refractivity contribution >= 4 is 28.8 Å². The van der Waals surface area contributed by atoms with Crippen LogP contribution in [0.4, 0.5) is 5.95 Å². The maximum Gasteiger partial charge on any atom is 0.246 e. The number of nitrogens with zero attached hydrogens (tertiary/aromatic N) is 3. The Balaban J connectivity index is 1.81. The molecule has 0 aliphatic rings. The van der Waals surface area contributed by atoms with Crippen LogP contribution in [0.5, 0.6) is 0 Å². The van der Waals surface area contributed by atoms with E-state index >= 15 is 0 Å². The molecular weight excluding hydrogens is 314 g/mol. The number of hydrogen-bond acceptors (Lipinski definition) is 4. The molecule has 3 N–H and O–H groups in total. The fraction of sp³-hybridized carbons (Fsp3) is 0.211. The summed E-state index contributed by atoms with van der Waals surface area (Å²) in [5.74, 6) is 0.123. The summed E-state index contributed by atoms with van der Waals surface area (Å²) < 4.78 is 0. The molecule has 3 rings (SSSR count). The number of aryl methyl sites for hydroxylation is 1. The van der Waals surface area contributed by atoms with Crippen LogP contribution in [0.2, 0.25) is 0 Å². The minimum Gasteiger partial charge on any atom is -0.368 e. The molecule has 25 heavy (non-hydrogen) atoms. The Kier molecular flexibility index (Phi) is 4.52. The SMILES string of the molecule is Cc1[nH]c2ccccc2c1C(C)N(C)C(=O)/C=C/c1cnc(N)nc1. The number of amides is 1. The first kappa shape index (κ1) is 16.7. The lowest BCUT2D eigenvalue weighted by Crippen LogP contribution is -2.28. The van der Waals surface area contributed by atoms with E-state index in [9.17, 15) is 4.79 Å². The van der Waals surface area contributed by atoms with Gasteiger partial charge < -0.3 is 15.6 Å². The number of aromatic amines is 1. The number of carbonyl (C=O) groups excluding carboxylic acids is 1. The van der Waals surface area contributed by atoms with Crippen LogP contribution in [0, 0.1) is 6.92 Å². The minimum atomic E-state index is -0.0889. The predicted molar refractivity (Wildman–Crippen MR) is 99.7 cm³/mol. The summed E-state index contributed by atoms with van der Waals surface area (Å²) >= 11 is 0. The van der Waals surface area contributed by atoms with Crippen LogP contribution in [0.1, 0.15) is 29.8 Å². The molecular formula is C19H21N5O. The maximum atomic E-state index is 12.5. The van der Waals surface area contributed by atoms with Crippen molar-refractivity contribution in [1.29, 1.82) is 0 Å². The monoisotopic (exact) mass is 335 g/mol. The quantitative estimate of drug-likeness (QED) is 0.717. The zero-order valence-corrected chi connectivity index (χ0v) is 14.5. The average molecular weight is 335 g/mol. The molecule has 6 heteroatoms. The van der Waals surface area contributed by atoms with E-state index in [-0.39, 0.29) is 17.9 Å². The second-order valence-electron chi connectivity index (χ2n) is 6.04. The van der Waals surface area contributed by atoms with Crippen molar-refractivity contribution < 1.29 is 4.79 Å². The first-order valence-corrected chi connectivity index (χ1v) is 8.07. The fourth-order valence-electron chi connectivity index (χ4n) is 2.94. The minimum absolute atomic E-state index is 0.0593. The highest BCUT2D eigenvalue weighted by Gasteiger charge is 2.21. The average Bonchev–Trinajstić information content (AvgIpc) is 2.95. The fourth-order valence-corrected chi connectivity index (χ4v) is 2.94. The van der Waals surface area contributed by atoms with Crippen molar-refractivity contribution in [3.05, 3.63) is 59.6 Å². The summed E-state index contributed by atoms with van der Waals surface area (Å²) in [6.45, 7) is 4.06. The third-order valence-electron chi connectivity index (χ3n) is 4.40. The maximum absolute atomic E-state index is 12.5. The van der Waals surface area contributed by atoms with Crippen LogP contribution in [0.15, 0.2) is 42.7 Å². The van der Waals surface area contributed by atoms with E-state index < -0.39 is 0 Å². The summed E-state index contributed by atoms with van der Waals surface area (Å²) in [5.41, 5.74) is 9.48. The van der Waals surface area contributed by atoms with Gasteiger partial charge in [0.05, 0.1) is 6.04 Å². The second kappa shape index (κ2) is 6.76. The van der Waals surface area contributed by atoms with Gasteiger partial charge in [-0.2, -0.15) is 0 Å². The lowest BCUT2D eigenvalue weighted by Gasteiger charge is -2.24. The molecule has 128 valence electrons. The summed E-state index contributed by atoms with van der Waals surface area (Å²) in [6, 6.07) is 8.07. The molecule has 0 aliphatic carbocycles. The molecule has 1 unspecified atom stereocenters. The number of fused-ring (bicyclic) bond motifs is 1. The van der Waals surface area contributed by atoms with Crippen molar-refractivity contribution in [3.8, 4) is 0 Å². The van der Waals surface area contributed by atoms with Gasteiger partial charge in [-0.25, -0.2) is 9.97 Å². The molecule has 0 saturated heterocycles. The number of nitrogens with one attached hydrogen (secondary N) is 1. The molecule has 2 heterocycles. The molecule has 1 amide bonds. The Morgan fingerprint density at radius 2 is 1.96 bits per heavy atom. The van der Waals surface area contributed by atoms with E-state index in [1.807, 2.05) is 32.0 Å². The van der Waals surface area contributed by atoms with Gasteiger partial charge in [-0.3, -0.25) is 4.79 Å². The zero-order chi connectivity index (χ0) is 18.0. The number of rotatable bonds is 4. The molecule has 0 aliphatic heterocycles. The van der Waals surface area contributed by atoms with Crippen molar-refractivity contribution in [2.75, 3.05) is 12.8 Å². The molecule has 3 aromatic rings. The van der Waals surface area contributed by atoms with Gasteiger partial charge in [0.15, 0.2) is 0 Å². The number of carbonyl (C=O) groups is 1. The summed E-state index contributed by atoms with van der Waals surface area (Å²) in [5, 5.41) is 1.14. The lowest BCUT2D eigenvalue weighted by molar-refractivity contribution is -0.126. The summed E-state index contributed by atoms with van der Waals surface area (Å²) in [4.78, 5) is 25.5. The van der Waals surface area contributed by atoms with Crippen molar-refractivity contribution in [3.63, 3.8) is 0 Å². The predicted octanol–water partition coefficient (Wildman–Crippen LogP) is 3.08. The van der Waals surface area contributed by atoms with E-state index in [1.165, 1.54) is 6.08 Å². The third-order valence-corrected chi connectivity index (χ3v) is 4.40. The Labute approximate surface area is 146 Å². The molecule has 1 atom stereocenters. The third kappa shape index (κ3) is 3.38. The van der Waals surface area contributed by atoms with Crippen LogP contribution in [-0.2, 0) is 4.79 Å².